The minimum Gasteiger partial charge on any atom is -0.368 e. The van der Waals surface area contributed by atoms with Crippen LogP contribution in [0.1, 0.15) is 29.7 Å². The number of anilines is 1. The molecular weight excluding hydrogens is 228 g/mol. The van der Waals surface area contributed by atoms with E-state index in [4.69, 9.17) is 5.73 Å². The zero-order valence-corrected chi connectivity index (χ0v) is 10.4. The molecule has 0 spiro atoms. The van der Waals surface area contributed by atoms with E-state index in [1.165, 1.54) is 0 Å². The Labute approximate surface area is 106 Å². The molecule has 0 aromatic carbocycles. The lowest BCUT2D eigenvalue weighted by atomic mass is 9.95. The van der Waals surface area contributed by atoms with Crippen molar-refractivity contribution in [1.29, 1.82) is 5.26 Å². The largest absolute Gasteiger partial charge is 0.368 e. The molecule has 0 saturated heterocycles. The molecule has 18 heavy (non-hydrogen) atoms. The van der Waals surface area contributed by atoms with E-state index in [0.717, 1.165) is 36.9 Å². The van der Waals surface area contributed by atoms with Crippen LogP contribution in [0.5, 0.6) is 0 Å². The van der Waals surface area contributed by atoms with Gasteiger partial charge in [0.15, 0.2) is 0 Å². The lowest BCUT2D eigenvalue weighted by molar-refractivity contribution is -0.116. The molecule has 5 heteroatoms. The number of nitrogens with two attached hydrogens (primary N) is 1. The molecule has 1 aliphatic carbocycles. The molecule has 0 radical (unpaired) electrons. The minimum atomic E-state index is -0.430. The molecule has 2 rings (SSSR count). The SMILES string of the molecule is CN(CC(N)=O)c1nc2c(cc1C#N)CCCC2. The lowest BCUT2D eigenvalue weighted by Crippen LogP contribution is -2.32. The highest BCUT2D eigenvalue weighted by atomic mass is 16.1. The Hall–Kier alpha value is -2.09. The lowest BCUT2D eigenvalue weighted by Gasteiger charge is -2.22. The van der Waals surface area contributed by atoms with Crippen LogP contribution in [0.3, 0.4) is 0 Å². The summed E-state index contributed by atoms with van der Waals surface area (Å²) in [6.45, 7) is 0.0699. The van der Waals surface area contributed by atoms with Crippen LogP contribution in [0.15, 0.2) is 6.07 Å². The fraction of sp³-hybridized carbons (Fsp3) is 0.462. The molecule has 1 aliphatic rings. The number of rotatable bonds is 3. The van der Waals surface area contributed by atoms with Crippen LogP contribution in [0.25, 0.3) is 0 Å². The standard InChI is InChI=1S/C13H16N4O/c1-17(8-12(15)18)13-10(7-14)6-9-4-2-3-5-11(9)16-13/h6H,2-5,8H2,1H3,(H2,15,18). The third kappa shape index (κ3) is 2.43. The average Bonchev–Trinajstić information content (AvgIpc) is 2.36. The van der Waals surface area contributed by atoms with Gasteiger partial charge in [-0.15, -0.1) is 0 Å². The van der Waals surface area contributed by atoms with Crippen molar-refractivity contribution >= 4 is 11.7 Å². The topological polar surface area (TPSA) is 83.0 Å². The maximum Gasteiger partial charge on any atom is 0.236 e. The molecule has 0 saturated carbocycles. The highest BCUT2D eigenvalue weighted by Crippen LogP contribution is 2.25. The number of primary amides is 1. The van der Waals surface area contributed by atoms with Crippen LogP contribution in [0.2, 0.25) is 0 Å². The minimum absolute atomic E-state index is 0.0699. The summed E-state index contributed by atoms with van der Waals surface area (Å²) in [6, 6.07) is 4.04. The van der Waals surface area contributed by atoms with E-state index in [0.29, 0.717) is 11.4 Å². The van der Waals surface area contributed by atoms with Gasteiger partial charge < -0.3 is 10.6 Å². The van der Waals surface area contributed by atoms with Gasteiger partial charge in [-0.2, -0.15) is 5.26 Å². The molecule has 1 amide bonds. The summed E-state index contributed by atoms with van der Waals surface area (Å²) in [5, 5.41) is 9.17. The van der Waals surface area contributed by atoms with Gasteiger partial charge >= 0.3 is 0 Å². The second kappa shape index (κ2) is 5.05. The van der Waals surface area contributed by atoms with E-state index < -0.39 is 5.91 Å². The van der Waals surface area contributed by atoms with Gasteiger partial charge in [0.25, 0.3) is 0 Å². The van der Waals surface area contributed by atoms with Gasteiger partial charge in [-0.3, -0.25) is 4.79 Å². The van der Waals surface area contributed by atoms with Crippen molar-refractivity contribution < 1.29 is 4.79 Å². The molecule has 0 unspecified atom stereocenters. The van der Waals surface area contributed by atoms with Crippen LogP contribution in [0.4, 0.5) is 5.82 Å². The van der Waals surface area contributed by atoms with Crippen LogP contribution < -0.4 is 10.6 Å². The summed E-state index contributed by atoms with van der Waals surface area (Å²) in [4.78, 5) is 17.1. The number of hydrogen-bond donors (Lipinski definition) is 1. The fourth-order valence-electron chi connectivity index (χ4n) is 2.30. The second-order valence-electron chi connectivity index (χ2n) is 4.61. The first-order valence-electron chi connectivity index (χ1n) is 6.04. The number of amides is 1. The van der Waals surface area contributed by atoms with E-state index in [-0.39, 0.29) is 6.54 Å². The maximum atomic E-state index is 10.9. The van der Waals surface area contributed by atoms with E-state index >= 15 is 0 Å². The van der Waals surface area contributed by atoms with Crippen molar-refractivity contribution in [1.82, 2.24) is 4.98 Å². The predicted octanol–water partition coefficient (Wildman–Crippen LogP) is 0.754. The average molecular weight is 244 g/mol. The van der Waals surface area contributed by atoms with E-state index in [9.17, 15) is 10.1 Å². The molecule has 1 aromatic heterocycles. The Morgan fingerprint density at radius 1 is 1.56 bits per heavy atom. The van der Waals surface area contributed by atoms with E-state index in [1.807, 2.05) is 6.07 Å². The molecule has 1 heterocycles. The molecule has 0 fully saturated rings. The molecule has 2 N–H and O–H groups in total. The molecule has 94 valence electrons. The number of carbonyl (C=O) groups excluding carboxylic acids is 1. The number of aryl methyl sites for hydroxylation is 2. The Kier molecular flexibility index (Phi) is 3.47. The fourth-order valence-corrected chi connectivity index (χ4v) is 2.30. The Balaban J connectivity index is 2.40. The molecular formula is C13H16N4O. The third-order valence-electron chi connectivity index (χ3n) is 3.16. The van der Waals surface area contributed by atoms with Crippen molar-refractivity contribution in [2.75, 3.05) is 18.5 Å². The predicted molar refractivity (Wildman–Crippen MR) is 68.1 cm³/mol. The number of nitriles is 1. The highest BCUT2D eigenvalue weighted by Gasteiger charge is 2.17. The normalized spacial score (nSPS) is 13.6. The van der Waals surface area contributed by atoms with Gasteiger partial charge in [0, 0.05) is 12.7 Å². The zero-order valence-electron chi connectivity index (χ0n) is 10.4. The van der Waals surface area contributed by atoms with Gasteiger partial charge in [0.1, 0.15) is 11.9 Å². The van der Waals surface area contributed by atoms with Crippen LogP contribution in [-0.2, 0) is 17.6 Å². The number of hydrogen-bond acceptors (Lipinski definition) is 4. The van der Waals surface area contributed by atoms with Crippen LogP contribution in [-0.4, -0.2) is 24.5 Å². The Morgan fingerprint density at radius 2 is 2.28 bits per heavy atom. The van der Waals surface area contributed by atoms with Gasteiger partial charge in [0.05, 0.1) is 12.1 Å². The molecule has 1 aromatic rings. The quantitative estimate of drug-likeness (QED) is 0.850. The number of carbonyl (C=O) groups is 1. The first-order valence-corrected chi connectivity index (χ1v) is 6.04. The number of fused-ring (bicyclic) bond motifs is 1. The van der Waals surface area contributed by atoms with Crippen molar-refractivity contribution in [3.63, 3.8) is 0 Å². The first kappa shape index (κ1) is 12.4. The maximum absolute atomic E-state index is 10.9. The summed E-state index contributed by atoms with van der Waals surface area (Å²) in [7, 11) is 1.73. The zero-order chi connectivity index (χ0) is 13.1. The number of nitrogens with zero attached hydrogens (tertiary/aromatic N) is 3. The number of aromatic nitrogens is 1. The summed E-state index contributed by atoms with van der Waals surface area (Å²) in [5.74, 6) is 0.123. The summed E-state index contributed by atoms with van der Waals surface area (Å²) in [5.41, 5.74) is 7.89. The Morgan fingerprint density at radius 3 is 2.94 bits per heavy atom. The van der Waals surface area contributed by atoms with Gasteiger partial charge in [0.2, 0.25) is 5.91 Å². The highest BCUT2D eigenvalue weighted by molar-refractivity contribution is 5.79. The summed E-state index contributed by atoms with van der Waals surface area (Å²) in [6.07, 6.45) is 4.20. The van der Waals surface area contributed by atoms with Gasteiger partial charge in [-0.1, -0.05) is 0 Å². The first-order chi connectivity index (χ1) is 8.61. The van der Waals surface area contributed by atoms with Crippen molar-refractivity contribution in [2.24, 2.45) is 5.73 Å². The van der Waals surface area contributed by atoms with Crippen molar-refractivity contribution in [3.8, 4) is 6.07 Å². The third-order valence-corrected chi connectivity index (χ3v) is 3.16. The summed E-state index contributed by atoms with van der Waals surface area (Å²) >= 11 is 0. The van der Waals surface area contributed by atoms with E-state index in [2.05, 4.69) is 11.1 Å². The Bertz CT molecular complexity index is 518. The molecule has 0 bridgehead atoms. The van der Waals surface area contributed by atoms with Crippen LogP contribution in [0, 0.1) is 11.3 Å². The van der Waals surface area contributed by atoms with E-state index in [1.54, 1.807) is 11.9 Å². The van der Waals surface area contributed by atoms with Gasteiger partial charge in [-0.25, -0.2) is 4.98 Å². The second-order valence-corrected chi connectivity index (χ2v) is 4.61. The van der Waals surface area contributed by atoms with Crippen LogP contribution >= 0.6 is 0 Å². The molecule has 0 aliphatic heterocycles. The van der Waals surface area contributed by atoms with Crippen molar-refractivity contribution in [3.05, 3.63) is 22.9 Å². The van der Waals surface area contributed by atoms with Gasteiger partial charge in [-0.05, 0) is 37.3 Å². The number of pyridine rings is 1. The molecule has 5 nitrogen and oxygen atoms in total. The molecule has 0 atom stereocenters. The monoisotopic (exact) mass is 244 g/mol. The summed E-state index contributed by atoms with van der Waals surface area (Å²) < 4.78 is 0. The number of likely N-dealkylation sites (N-methyl/N-ethyl adjacent to an activating group) is 1. The smallest absolute Gasteiger partial charge is 0.236 e. The van der Waals surface area contributed by atoms with Crippen molar-refractivity contribution in [2.45, 2.75) is 25.7 Å².